The van der Waals surface area contributed by atoms with E-state index in [2.05, 4.69) is 47.6 Å². The minimum Gasteiger partial charge on any atom is -0.462 e. The number of carbonyl (C=O) groups is 1. The molecule has 0 spiro atoms. The third-order valence-corrected chi connectivity index (χ3v) is 15.7. The maximum absolute atomic E-state index is 13.1. The Morgan fingerprint density at radius 1 is 0.898 bits per heavy atom. The molecule has 282 valence electrons. The van der Waals surface area contributed by atoms with Crippen molar-refractivity contribution in [3.8, 4) is 0 Å². The zero-order chi connectivity index (χ0) is 35.7. The fraction of sp³-hybridized carbons (Fsp3) is 0.932. The molecular weight excluding hydrogens is 608 g/mol. The average Bonchev–Trinajstić information content (AvgIpc) is 3.31. The molecule has 0 radical (unpaired) electrons. The van der Waals surface area contributed by atoms with Crippen LogP contribution in [-0.2, 0) is 14.3 Å². The van der Waals surface area contributed by atoms with Crippen molar-refractivity contribution < 1.29 is 24.5 Å². The van der Waals surface area contributed by atoms with E-state index in [9.17, 15) is 15.0 Å². The summed E-state index contributed by atoms with van der Waals surface area (Å²) in [5, 5.41) is 21.6. The van der Waals surface area contributed by atoms with Crippen LogP contribution in [0.15, 0.2) is 11.6 Å². The highest BCUT2D eigenvalue weighted by molar-refractivity contribution is 5.69. The second-order valence-corrected chi connectivity index (χ2v) is 19.5. The Balaban J connectivity index is 1.15. The highest BCUT2D eigenvalue weighted by Gasteiger charge is 2.66. The van der Waals surface area contributed by atoms with Gasteiger partial charge in [0.2, 0.25) is 0 Å². The molecule has 1 saturated heterocycles. The second kappa shape index (κ2) is 15.6. The van der Waals surface area contributed by atoms with Crippen molar-refractivity contribution in [3.05, 3.63) is 11.6 Å². The van der Waals surface area contributed by atoms with Crippen molar-refractivity contribution in [1.29, 1.82) is 0 Å². The lowest BCUT2D eigenvalue weighted by atomic mass is 9.41. The van der Waals surface area contributed by atoms with Crippen LogP contribution in [-0.4, -0.2) is 46.7 Å². The van der Waals surface area contributed by atoms with Crippen molar-refractivity contribution in [1.82, 2.24) is 0 Å². The molecule has 3 saturated carbocycles. The van der Waals surface area contributed by atoms with Crippen LogP contribution < -0.4 is 0 Å². The van der Waals surface area contributed by atoms with Crippen molar-refractivity contribution >= 4 is 5.97 Å². The molecule has 0 aromatic carbocycles. The molecule has 1 heterocycles. The number of allylic oxidation sites excluding steroid dienone is 2. The summed E-state index contributed by atoms with van der Waals surface area (Å²) in [5.74, 6) is 1.97. The molecule has 4 fully saturated rings. The predicted octanol–water partition coefficient (Wildman–Crippen LogP) is 10.7. The SMILES string of the molecule is CCCCCCCCCCCCCC(=O)O[C@H]1CC[C@]2(C)[C@H]3CC[C@@]4(C)[C@H]([C@H]5CO[C@@H](C(C)(C)O)[C@H](O)C5)CC[C@]4(C)C3=CC[C@H]2C1(C)C. The van der Waals surface area contributed by atoms with Gasteiger partial charge in [-0.25, -0.2) is 0 Å². The van der Waals surface area contributed by atoms with E-state index in [0.717, 1.165) is 38.5 Å². The van der Waals surface area contributed by atoms with Crippen LogP contribution in [0.25, 0.3) is 0 Å². The molecule has 4 aliphatic carbocycles. The molecule has 0 bridgehead atoms. The smallest absolute Gasteiger partial charge is 0.306 e. The summed E-state index contributed by atoms with van der Waals surface area (Å²) >= 11 is 0. The lowest BCUT2D eigenvalue weighted by molar-refractivity contribution is -0.189. The number of fused-ring (bicyclic) bond motifs is 5. The first-order valence-electron chi connectivity index (χ1n) is 21.0. The number of ether oxygens (including phenoxy) is 2. The molecule has 1 aliphatic heterocycles. The molecule has 5 heteroatoms. The molecule has 0 amide bonds. The Hall–Kier alpha value is -0.910. The van der Waals surface area contributed by atoms with Crippen LogP contribution in [0.3, 0.4) is 0 Å². The van der Waals surface area contributed by atoms with Gasteiger partial charge in [0, 0.05) is 11.8 Å². The highest BCUT2D eigenvalue weighted by Crippen LogP contribution is 2.73. The van der Waals surface area contributed by atoms with E-state index in [0.29, 0.717) is 36.7 Å². The normalized spacial score (nSPS) is 40.2. The van der Waals surface area contributed by atoms with Crippen molar-refractivity contribution in [2.24, 2.45) is 45.3 Å². The van der Waals surface area contributed by atoms with Crippen LogP contribution >= 0.6 is 0 Å². The molecular formula is C44H76O5. The first-order valence-corrected chi connectivity index (χ1v) is 21.0. The standard InChI is InChI=1S/C44H76O5/c1-9-10-11-12-13-14-15-16-17-18-19-20-38(46)49-37-25-26-42(6)33-24-28-43(7)32(31-29-35(45)39(48-30-31)41(4,5)47)23-27-44(43,8)34(33)21-22-36(42)40(37,2)3/h21,31-33,35-37,39,45,47H,9-20,22-30H2,1-8H3/t31-,32+,33+,35-,36+,37+,39-,42-,43+,44-/m1/s1. The van der Waals surface area contributed by atoms with Crippen LogP contribution in [0.5, 0.6) is 0 Å². The monoisotopic (exact) mass is 685 g/mol. The zero-order valence-electron chi connectivity index (χ0n) is 33.1. The minimum absolute atomic E-state index is 0.00601. The summed E-state index contributed by atoms with van der Waals surface area (Å²) in [5.41, 5.74) is 1.20. The van der Waals surface area contributed by atoms with Gasteiger partial charge in [-0.1, -0.05) is 117 Å². The van der Waals surface area contributed by atoms with Gasteiger partial charge in [0.25, 0.3) is 0 Å². The molecule has 49 heavy (non-hydrogen) atoms. The lowest BCUT2D eigenvalue weighted by Crippen LogP contribution is -2.59. The van der Waals surface area contributed by atoms with E-state index in [-0.39, 0.29) is 33.7 Å². The van der Waals surface area contributed by atoms with E-state index >= 15 is 0 Å². The van der Waals surface area contributed by atoms with E-state index in [1.165, 1.54) is 83.5 Å². The Bertz CT molecular complexity index is 1140. The number of rotatable bonds is 15. The molecule has 0 aromatic heterocycles. The summed E-state index contributed by atoms with van der Waals surface area (Å²) in [6.07, 6.45) is 25.1. The summed E-state index contributed by atoms with van der Waals surface area (Å²) < 4.78 is 12.5. The van der Waals surface area contributed by atoms with Crippen LogP contribution in [0.2, 0.25) is 0 Å². The Kier molecular flexibility index (Phi) is 12.5. The van der Waals surface area contributed by atoms with Gasteiger partial charge < -0.3 is 19.7 Å². The van der Waals surface area contributed by atoms with Gasteiger partial charge in [-0.2, -0.15) is 0 Å². The van der Waals surface area contributed by atoms with Gasteiger partial charge >= 0.3 is 5.97 Å². The number of hydrogen-bond acceptors (Lipinski definition) is 5. The number of esters is 1. The topological polar surface area (TPSA) is 76.0 Å². The van der Waals surface area contributed by atoms with E-state index in [4.69, 9.17) is 9.47 Å². The summed E-state index contributed by atoms with van der Waals surface area (Å²) in [6.45, 7) is 18.9. The van der Waals surface area contributed by atoms with Crippen molar-refractivity contribution in [3.63, 3.8) is 0 Å². The second-order valence-electron chi connectivity index (χ2n) is 19.5. The molecule has 5 rings (SSSR count). The number of unbranched alkanes of at least 4 members (excludes halogenated alkanes) is 10. The summed E-state index contributed by atoms with van der Waals surface area (Å²) in [7, 11) is 0. The Labute approximate surface area is 301 Å². The number of aliphatic hydroxyl groups is 2. The van der Waals surface area contributed by atoms with Crippen LogP contribution in [0.1, 0.15) is 184 Å². The predicted molar refractivity (Wildman–Crippen MR) is 200 cm³/mol. The van der Waals surface area contributed by atoms with Gasteiger partial charge in [0.05, 0.1) is 18.3 Å². The van der Waals surface area contributed by atoms with E-state index < -0.39 is 17.8 Å². The lowest BCUT2D eigenvalue weighted by Gasteiger charge is -2.64. The van der Waals surface area contributed by atoms with Crippen LogP contribution in [0.4, 0.5) is 0 Å². The molecule has 5 aliphatic rings. The maximum atomic E-state index is 13.1. The fourth-order valence-corrected chi connectivity index (χ4v) is 12.6. The fourth-order valence-electron chi connectivity index (χ4n) is 12.6. The molecule has 0 unspecified atom stereocenters. The van der Waals surface area contributed by atoms with Gasteiger partial charge in [-0.05, 0) is 112 Å². The van der Waals surface area contributed by atoms with Crippen molar-refractivity contribution in [2.75, 3.05) is 6.61 Å². The van der Waals surface area contributed by atoms with Gasteiger partial charge in [-0.15, -0.1) is 0 Å². The van der Waals surface area contributed by atoms with Gasteiger partial charge in [-0.3, -0.25) is 4.79 Å². The summed E-state index contributed by atoms with van der Waals surface area (Å²) in [4.78, 5) is 13.1. The largest absolute Gasteiger partial charge is 0.462 e. The third kappa shape index (κ3) is 7.76. The van der Waals surface area contributed by atoms with Gasteiger partial charge in [0.1, 0.15) is 12.2 Å². The van der Waals surface area contributed by atoms with Crippen LogP contribution in [0, 0.1) is 45.3 Å². The first kappa shape index (κ1) is 39.3. The highest BCUT2D eigenvalue weighted by atomic mass is 16.5. The number of aliphatic hydroxyl groups excluding tert-OH is 1. The number of hydrogen-bond donors (Lipinski definition) is 2. The Morgan fingerprint density at radius 2 is 1.53 bits per heavy atom. The molecule has 0 aromatic rings. The van der Waals surface area contributed by atoms with E-state index in [1.54, 1.807) is 19.4 Å². The zero-order valence-corrected chi connectivity index (χ0v) is 33.1. The Morgan fingerprint density at radius 3 is 2.14 bits per heavy atom. The third-order valence-electron chi connectivity index (χ3n) is 15.7. The first-order chi connectivity index (χ1) is 23.1. The number of carbonyl (C=O) groups excluding carboxylic acids is 1. The summed E-state index contributed by atoms with van der Waals surface area (Å²) in [6, 6.07) is 0. The van der Waals surface area contributed by atoms with E-state index in [1.807, 2.05) is 0 Å². The quantitative estimate of drug-likeness (QED) is 0.102. The molecule has 2 N–H and O–H groups in total. The van der Waals surface area contributed by atoms with Crippen molar-refractivity contribution in [2.45, 2.75) is 208 Å². The maximum Gasteiger partial charge on any atom is 0.306 e. The average molecular weight is 685 g/mol. The minimum atomic E-state index is -1.03. The van der Waals surface area contributed by atoms with Gasteiger partial charge in [0.15, 0.2) is 0 Å². The molecule has 5 nitrogen and oxygen atoms in total. The molecule has 10 atom stereocenters.